The minimum Gasteiger partial charge on any atom is -0.446 e. The molecule has 0 heterocycles. The van der Waals surface area contributed by atoms with E-state index in [2.05, 4.69) is 5.32 Å². The van der Waals surface area contributed by atoms with Crippen LogP contribution >= 0.6 is 0 Å². The van der Waals surface area contributed by atoms with Gasteiger partial charge in [-0.3, -0.25) is 5.32 Å². The van der Waals surface area contributed by atoms with E-state index in [-0.39, 0.29) is 6.10 Å². The Balaban J connectivity index is 1.88. The molecule has 1 aromatic rings. The third-order valence-electron chi connectivity index (χ3n) is 3.06. The highest BCUT2D eigenvalue weighted by Crippen LogP contribution is 2.21. The van der Waals surface area contributed by atoms with Gasteiger partial charge in [-0.05, 0) is 43.9 Å². The van der Waals surface area contributed by atoms with Crippen LogP contribution < -0.4 is 5.32 Å². The topological polar surface area (TPSA) is 62.1 Å². The average Bonchev–Trinajstić information content (AvgIpc) is 2.40. The Bertz CT molecular complexity index is 459. The zero-order chi connectivity index (χ0) is 12.8. The van der Waals surface area contributed by atoms with Crippen molar-refractivity contribution >= 4 is 11.8 Å². The molecule has 0 aromatic heterocycles. The molecule has 18 heavy (non-hydrogen) atoms. The summed E-state index contributed by atoms with van der Waals surface area (Å²) in [6.45, 7) is 0. The first-order valence-electron chi connectivity index (χ1n) is 6.26. The lowest BCUT2D eigenvalue weighted by Gasteiger charge is -2.21. The van der Waals surface area contributed by atoms with Crippen molar-refractivity contribution in [2.45, 2.75) is 38.2 Å². The Morgan fingerprint density at radius 3 is 2.83 bits per heavy atom. The standard InChI is InChI=1S/C14H16N2O2/c15-10-11-5-4-6-12(9-11)16-14(17)18-13-7-2-1-3-8-13/h4-6,9,13H,1-3,7-8H2,(H,16,17). The van der Waals surface area contributed by atoms with E-state index < -0.39 is 6.09 Å². The summed E-state index contributed by atoms with van der Waals surface area (Å²) in [4.78, 5) is 11.7. The Morgan fingerprint density at radius 2 is 2.11 bits per heavy atom. The fraction of sp³-hybridized carbons (Fsp3) is 0.429. The lowest BCUT2D eigenvalue weighted by atomic mass is 9.98. The Kier molecular flexibility index (Phi) is 4.19. The number of benzene rings is 1. The van der Waals surface area contributed by atoms with Crippen LogP contribution in [0.15, 0.2) is 24.3 Å². The SMILES string of the molecule is N#Cc1cccc(NC(=O)OC2CCCCC2)c1. The molecule has 1 fully saturated rings. The largest absolute Gasteiger partial charge is 0.446 e. The molecule has 0 bridgehead atoms. The molecule has 0 unspecified atom stereocenters. The van der Waals surface area contributed by atoms with Crippen molar-refractivity contribution in [3.63, 3.8) is 0 Å². The molecule has 0 aliphatic heterocycles. The van der Waals surface area contributed by atoms with Crippen LogP contribution in [0.5, 0.6) is 0 Å². The summed E-state index contributed by atoms with van der Waals surface area (Å²) in [5, 5.41) is 11.4. The second-order valence-electron chi connectivity index (χ2n) is 4.48. The van der Waals surface area contributed by atoms with Gasteiger partial charge in [-0.1, -0.05) is 12.5 Å². The highest BCUT2D eigenvalue weighted by Gasteiger charge is 2.17. The summed E-state index contributed by atoms with van der Waals surface area (Å²) in [5.41, 5.74) is 1.11. The second kappa shape index (κ2) is 6.06. The molecular weight excluding hydrogens is 228 g/mol. The molecule has 1 saturated carbocycles. The van der Waals surface area contributed by atoms with Crippen LogP contribution in [0.4, 0.5) is 10.5 Å². The lowest BCUT2D eigenvalue weighted by molar-refractivity contribution is 0.0865. The number of rotatable bonds is 2. The third-order valence-corrected chi connectivity index (χ3v) is 3.06. The monoisotopic (exact) mass is 244 g/mol. The van der Waals surface area contributed by atoms with Gasteiger partial charge in [0.15, 0.2) is 0 Å². The Hall–Kier alpha value is -2.02. The maximum Gasteiger partial charge on any atom is 0.411 e. The summed E-state index contributed by atoms with van der Waals surface area (Å²) in [5.74, 6) is 0. The van der Waals surface area contributed by atoms with Gasteiger partial charge in [0.2, 0.25) is 0 Å². The number of nitrogens with zero attached hydrogens (tertiary/aromatic N) is 1. The van der Waals surface area contributed by atoms with Crippen LogP contribution in [0, 0.1) is 11.3 Å². The zero-order valence-corrected chi connectivity index (χ0v) is 10.2. The molecule has 4 heteroatoms. The van der Waals surface area contributed by atoms with Crippen molar-refractivity contribution in [3.05, 3.63) is 29.8 Å². The van der Waals surface area contributed by atoms with E-state index in [1.54, 1.807) is 24.3 Å². The van der Waals surface area contributed by atoms with Gasteiger partial charge < -0.3 is 4.74 Å². The highest BCUT2D eigenvalue weighted by atomic mass is 16.6. The molecule has 1 aromatic carbocycles. The molecule has 0 radical (unpaired) electrons. The first-order chi connectivity index (χ1) is 8.78. The number of carbonyl (C=O) groups is 1. The fourth-order valence-corrected chi connectivity index (χ4v) is 2.15. The molecule has 0 saturated heterocycles. The van der Waals surface area contributed by atoms with E-state index in [4.69, 9.17) is 10.00 Å². The van der Waals surface area contributed by atoms with Crippen LogP contribution in [0.2, 0.25) is 0 Å². The van der Waals surface area contributed by atoms with Crippen molar-refractivity contribution in [1.82, 2.24) is 0 Å². The molecule has 1 aliphatic rings. The van der Waals surface area contributed by atoms with Crippen LogP contribution in [-0.2, 0) is 4.74 Å². The zero-order valence-electron chi connectivity index (χ0n) is 10.2. The lowest BCUT2D eigenvalue weighted by Crippen LogP contribution is -2.24. The molecule has 94 valence electrons. The van der Waals surface area contributed by atoms with Crippen LogP contribution in [-0.4, -0.2) is 12.2 Å². The summed E-state index contributed by atoms with van der Waals surface area (Å²) >= 11 is 0. The molecule has 0 atom stereocenters. The maximum absolute atomic E-state index is 11.7. The quantitative estimate of drug-likeness (QED) is 0.866. The van der Waals surface area contributed by atoms with E-state index >= 15 is 0 Å². The third kappa shape index (κ3) is 3.49. The minimum absolute atomic E-state index is 0.0397. The number of carbonyl (C=O) groups excluding carboxylic acids is 1. The number of nitriles is 1. The number of ether oxygens (including phenoxy) is 1. The van der Waals surface area contributed by atoms with Crippen molar-refractivity contribution in [1.29, 1.82) is 5.26 Å². The smallest absolute Gasteiger partial charge is 0.411 e. The van der Waals surface area contributed by atoms with E-state index in [1.807, 2.05) is 6.07 Å². The molecule has 4 nitrogen and oxygen atoms in total. The summed E-state index contributed by atoms with van der Waals surface area (Å²) in [6.07, 6.45) is 4.99. The number of nitrogens with one attached hydrogen (secondary N) is 1. The number of amides is 1. The first-order valence-corrected chi connectivity index (χ1v) is 6.26. The van der Waals surface area contributed by atoms with Crippen LogP contribution in [0.1, 0.15) is 37.7 Å². The van der Waals surface area contributed by atoms with Gasteiger partial charge in [0, 0.05) is 5.69 Å². The van der Waals surface area contributed by atoms with E-state index in [0.717, 1.165) is 25.7 Å². The summed E-state index contributed by atoms with van der Waals surface area (Å²) in [6, 6.07) is 8.82. The van der Waals surface area contributed by atoms with E-state index in [0.29, 0.717) is 11.3 Å². The van der Waals surface area contributed by atoms with Crippen molar-refractivity contribution in [2.75, 3.05) is 5.32 Å². The highest BCUT2D eigenvalue weighted by molar-refractivity contribution is 5.84. The minimum atomic E-state index is -0.433. The molecular formula is C14H16N2O2. The van der Waals surface area contributed by atoms with Crippen LogP contribution in [0.25, 0.3) is 0 Å². The van der Waals surface area contributed by atoms with Gasteiger partial charge in [-0.2, -0.15) is 5.26 Å². The van der Waals surface area contributed by atoms with E-state index in [9.17, 15) is 4.79 Å². The Morgan fingerprint density at radius 1 is 1.33 bits per heavy atom. The molecule has 1 amide bonds. The molecule has 2 rings (SSSR count). The van der Waals surface area contributed by atoms with Crippen molar-refractivity contribution in [2.24, 2.45) is 0 Å². The number of anilines is 1. The van der Waals surface area contributed by atoms with Gasteiger partial charge >= 0.3 is 6.09 Å². The fourth-order valence-electron chi connectivity index (χ4n) is 2.15. The first kappa shape index (κ1) is 12.4. The summed E-state index contributed by atoms with van der Waals surface area (Å²) in [7, 11) is 0. The maximum atomic E-state index is 11.7. The van der Waals surface area contributed by atoms with Gasteiger partial charge in [0.05, 0.1) is 11.6 Å². The average molecular weight is 244 g/mol. The van der Waals surface area contributed by atoms with Crippen molar-refractivity contribution in [3.8, 4) is 6.07 Å². The molecule has 1 N–H and O–H groups in total. The number of hydrogen-bond acceptors (Lipinski definition) is 3. The van der Waals surface area contributed by atoms with Gasteiger partial charge in [-0.25, -0.2) is 4.79 Å². The van der Waals surface area contributed by atoms with Gasteiger partial charge in [-0.15, -0.1) is 0 Å². The van der Waals surface area contributed by atoms with Gasteiger partial charge in [0.25, 0.3) is 0 Å². The molecule has 1 aliphatic carbocycles. The molecule has 0 spiro atoms. The second-order valence-corrected chi connectivity index (χ2v) is 4.48. The predicted molar refractivity (Wildman–Crippen MR) is 68.1 cm³/mol. The predicted octanol–water partition coefficient (Wildman–Crippen LogP) is 3.44. The summed E-state index contributed by atoms with van der Waals surface area (Å²) < 4.78 is 5.34. The van der Waals surface area contributed by atoms with Crippen molar-refractivity contribution < 1.29 is 9.53 Å². The van der Waals surface area contributed by atoms with E-state index in [1.165, 1.54) is 6.42 Å². The normalized spacial score (nSPS) is 15.7. The van der Waals surface area contributed by atoms with Crippen LogP contribution in [0.3, 0.4) is 0 Å². The number of hydrogen-bond donors (Lipinski definition) is 1. The Labute approximate surface area is 107 Å². The van der Waals surface area contributed by atoms with Gasteiger partial charge in [0.1, 0.15) is 6.10 Å².